The molecule has 0 spiro atoms. The number of piperidine rings is 1. The van der Waals surface area contributed by atoms with Crippen molar-refractivity contribution in [1.82, 2.24) is 14.9 Å². The molecule has 4 aromatic rings. The number of hydrogen-bond donors (Lipinski definition) is 2. The number of nitrogens with one attached hydrogen (secondary N) is 2. The topological polar surface area (TPSA) is 61.0 Å². The maximum Gasteiger partial charge on any atom is 0.257 e. The number of aromatic nitrogens is 2. The van der Waals surface area contributed by atoms with E-state index < -0.39 is 0 Å². The molecule has 5 rings (SSSR count). The molecule has 5 nitrogen and oxygen atoms in total. The van der Waals surface area contributed by atoms with Crippen molar-refractivity contribution in [2.45, 2.75) is 25.4 Å². The van der Waals surface area contributed by atoms with Gasteiger partial charge in [0.25, 0.3) is 5.56 Å². The van der Waals surface area contributed by atoms with Crippen LogP contribution in [0.15, 0.2) is 71.7 Å². The summed E-state index contributed by atoms with van der Waals surface area (Å²) in [5.74, 6) is 0. The molecule has 0 unspecified atom stereocenters. The lowest BCUT2D eigenvalue weighted by atomic mass is 10.0. The molecule has 1 fully saturated rings. The van der Waals surface area contributed by atoms with Crippen LogP contribution in [0, 0.1) is 0 Å². The number of benzene rings is 2. The van der Waals surface area contributed by atoms with Gasteiger partial charge in [-0.15, -0.1) is 0 Å². The van der Waals surface area contributed by atoms with Crippen molar-refractivity contribution < 1.29 is 0 Å². The maximum atomic E-state index is 12.4. The van der Waals surface area contributed by atoms with Crippen LogP contribution < -0.4 is 10.9 Å². The summed E-state index contributed by atoms with van der Waals surface area (Å²) in [5.41, 5.74) is 2.96. The summed E-state index contributed by atoms with van der Waals surface area (Å²) in [4.78, 5) is 22.2. The zero-order valence-corrected chi connectivity index (χ0v) is 16.3. The van der Waals surface area contributed by atoms with E-state index in [1.54, 1.807) is 6.20 Å². The van der Waals surface area contributed by atoms with Crippen LogP contribution in [0.1, 0.15) is 18.4 Å². The van der Waals surface area contributed by atoms with Crippen molar-refractivity contribution in [1.29, 1.82) is 0 Å². The van der Waals surface area contributed by atoms with Gasteiger partial charge in [0.15, 0.2) is 0 Å². The second-order valence-corrected chi connectivity index (χ2v) is 7.76. The van der Waals surface area contributed by atoms with Gasteiger partial charge in [-0.3, -0.25) is 9.69 Å². The van der Waals surface area contributed by atoms with E-state index >= 15 is 0 Å². The fraction of sp³-hybridized carbons (Fsp3) is 0.250. The highest BCUT2D eigenvalue weighted by molar-refractivity contribution is 6.10. The highest BCUT2D eigenvalue weighted by Gasteiger charge is 2.20. The van der Waals surface area contributed by atoms with Gasteiger partial charge in [0, 0.05) is 53.7 Å². The average Bonchev–Trinajstić information content (AvgIpc) is 2.76. The minimum atomic E-state index is -0.0908. The van der Waals surface area contributed by atoms with Crippen LogP contribution >= 0.6 is 0 Å². The maximum absolute atomic E-state index is 12.4. The highest BCUT2D eigenvalue weighted by atomic mass is 16.1. The highest BCUT2D eigenvalue weighted by Crippen LogP contribution is 2.29. The number of hydrogen-bond acceptors (Lipinski definition) is 4. The summed E-state index contributed by atoms with van der Waals surface area (Å²) in [5, 5.41) is 6.38. The Morgan fingerprint density at radius 3 is 2.48 bits per heavy atom. The quantitative estimate of drug-likeness (QED) is 0.519. The Morgan fingerprint density at radius 2 is 1.69 bits per heavy atom. The summed E-state index contributed by atoms with van der Waals surface area (Å²) in [6.07, 6.45) is 3.95. The number of aromatic amines is 1. The van der Waals surface area contributed by atoms with Gasteiger partial charge >= 0.3 is 0 Å². The van der Waals surface area contributed by atoms with E-state index in [1.165, 1.54) is 5.56 Å². The first-order valence-electron chi connectivity index (χ1n) is 10.2. The third-order valence-corrected chi connectivity index (χ3v) is 5.82. The number of H-pyrrole nitrogens is 1. The monoisotopic (exact) mass is 384 g/mol. The summed E-state index contributed by atoms with van der Waals surface area (Å²) >= 11 is 0. The smallest absolute Gasteiger partial charge is 0.257 e. The van der Waals surface area contributed by atoms with Crippen LogP contribution in [0.2, 0.25) is 0 Å². The second-order valence-electron chi connectivity index (χ2n) is 7.76. The van der Waals surface area contributed by atoms with Gasteiger partial charge in [0.1, 0.15) is 5.65 Å². The van der Waals surface area contributed by atoms with Gasteiger partial charge in [-0.1, -0.05) is 48.5 Å². The van der Waals surface area contributed by atoms with Gasteiger partial charge in [0.2, 0.25) is 0 Å². The standard InChI is InChI=1S/C24H24N4O/c29-24-20-9-5-4-8-19(20)22-21(10-13-25-23(22)27-24)26-18-11-14-28(15-12-18)16-17-6-2-1-3-7-17/h1-10,13,18H,11-12,14-16H2,(H2,25,26,27,29). The Balaban J connectivity index is 1.36. The lowest BCUT2D eigenvalue weighted by molar-refractivity contribution is 0.211. The summed E-state index contributed by atoms with van der Waals surface area (Å²) in [6, 6.07) is 20.8. The van der Waals surface area contributed by atoms with Crippen LogP contribution in [0.3, 0.4) is 0 Å². The zero-order valence-electron chi connectivity index (χ0n) is 16.3. The number of likely N-dealkylation sites (tertiary alicyclic amines) is 1. The molecule has 0 amide bonds. The van der Waals surface area contributed by atoms with E-state index in [0.29, 0.717) is 17.1 Å². The van der Waals surface area contributed by atoms with Gasteiger partial charge < -0.3 is 10.3 Å². The Bertz CT molecular complexity index is 1190. The molecule has 0 aliphatic carbocycles. The molecule has 2 N–H and O–H groups in total. The van der Waals surface area contributed by atoms with E-state index in [9.17, 15) is 4.79 Å². The van der Waals surface area contributed by atoms with Crippen molar-refractivity contribution in [2.24, 2.45) is 0 Å². The molecule has 29 heavy (non-hydrogen) atoms. The van der Waals surface area contributed by atoms with Crippen LogP contribution in [-0.2, 0) is 6.54 Å². The van der Waals surface area contributed by atoms with E-state index in [4.69, 9.17) is 0 Å². The predicted octanol–water partition coefficient (Wildman–Crippen LogP) is 4.15. The largest absolute Gasteiger partial charge is 0.382 e. The first kappa shape index (κ1) is 17.9. The number of anilines is 1. The molecule has 1 aliphatic rings. The van der Waals surface area contributed by atoms with Gasteiger partial charge in [-0.05, 0) is 30.5 Å². The fourth-order valence-corrected chi connectivity index (χ4v) is 4.32. The molecule has 146 valence electrons. The number of rotatable bonds is 4. The van der Waals surface area contributed by atoms with E-state index in [2.05, 4.69) is 50.5 Å². The van der Waals surface area contributed by atoms with Crippen molar-refractivity contribution in [2.75, 3.05) is 18.4 Å². The second kappa shape index (κ2) is 7.68. The fourth-order valence-electron chi connectivity index (χ4n) is 4.32. The van der Waals surface area contributed by atoms with E-state index in [1.807, 2.05) is 30.3 Å². The van der Waals surface area contributed by atoms with E-state index in [-0.39, 0.29) is 5.56 Å². The minimum absolute atomic E-state index is 0.0908. The molecule has 1 saturated heterocycles. The number of nitrogens with zero attached hydrogens (tertiary/aromatic N) is 2. The minimum Gasteiger partial charge on any atom is -0.382 e. The van der Waals surface area contributed by atoms with Crippen LogP contribution in [0.4, 0.5) is 5.69 Å². The lowest BCUT2D eigenvalue weighted by Crippen LogP contribution is -2.38. The molecule has 5 heteroatoms. The predicted molar refractivity (Wildman–Crippen MR) is 118 cm³/mol. The summed E-state index contributed by atoms with van der Waals surface area (Å²) < 4.78 is 0. The number of fused-ring (bicyclic) bond motifs is 3. The molecule has 0 atom stereocenters. The Kier molecular flexibility index (Phi) is 4.74. The van der Waals surface area contributed by atoms with Crippen LogP contribution in [-0.4, -0.2) is 34.0 Å². The first-order valence-corrected chi connectivity index (χ1v) is 10.2. The van der Waals surface area contributed by atoms with Crippen LogP contribution in [0.5, 0.6) is 0 Å². The SMILES string of the molecule is O=c1[nH]c2nccc(NC3CCN(Cc4ccccc4)CC3)c2c2ccccc12. The third kappa shape index (κ3) is 3.61. The zero-order chi connectivity index (χ0) is 19.6. The molecule has 0 saturated carbocycles. The Labute approximate surface area is 169 Å². The number of pyridine rings is 2. The van der Waals surface area contributed by atoms with Crippen molar-refractivity contribution >= 4 is 27.5 Å². The Hall–Kier alpha value is -3.18. The summed E-state index contributed by atoms with van der Waals surface area (Å²) in [6.45, 7) is 3.16. The van der Waals surface area contributed by atoms with Gasteiger partial charge in [0.05, 0.1) is 0 Å². The van der Waals surface area contributed by atoms with Crippen molar-refractivity contribution in [3.63, 3.8) is 0 Å². The first-order chi connectivity index (χ1) is 14.3. The van der Waals surface area contributed by atoms with Crippen LogP contribution in [0.25, 0.3) is 21.8 Å². The molecule has 2 aromatic heterocycles. The van der Waals surface area contributed by atoms with Crippen molar-refractivity contribution in [3.05, 3.63) is 82.8 Å². The molecule has 3 heterocycles. The third-order valence-electron chi connectivity index (χ3n) is 5.82. The van der Waals surface area contributed by atoms with Crippen molar-refractivity contribution in [3.8, 4) is 0 Å². The molecule has 0 radical (unpaired) electrons. The molecule has 1 aliphatic heterocycles. The molecular weight excluding hydrogens is 360 g/mol. The molecule has 0 bridgehead atoms. The molecular formula is C24H24N4O. The normalized spacial score (nSPS) is 15.7. The molecule has 2 aromatic carbocycles. The van der Waals surface area contributed by atoms with Gasteiger partial charge in [-0.25, -0.2) is 4.98 Å². The Morgan fingerprint density at radius 1 is 0.966 bits per heavy atom. The van der Waals surface area contributed by atoms with E-state index in [0.717, 1.165) is 48.9 Å². The van der Waals surface area contributed by atoms with Gasteiger partial charge in [-0.2, -0.15) is 0 Å². The average molecular weight is 384 g/mol. The lowest BCUT2D eigenvalue weighted by Gasteiger charge is -2.33. The summed E-state index contributed by atoms with van der Waals surface area (Å²) in [7, 11) is 0.